The van der Waals surface area contributed by atoms with Crippen molar-refractivity contribution < 1.29 is 10.2 Å². The molecule has 0 amide bonds. The van der Waals surface area contributed by atoms with Crippen LogP contribution in [0.5, 0.6) is 0 Å². The summed E-state index contributed by atoms with van der Waals surface area (Å²) in [5.74, 6) is 6.31. The van der Waals surface area contributed by atoms with Crippen molar-refractivity contribution in [3.63, 3.8) is 0 Å². The average molecular weight is 257 g/mol. The predicted octanol–water partition coefficient (Wildman–Crippen LogP) is -1.99. The van der Waals surface area contributed by atoms with Gasteiger partial charge >= 0.3 is 0 Å². The maximum absolute atomic E-state index is 8.98. The van der Waals surface area contributed by atoms with Crippen LogP contribution in [0.15, 0.2) is 0 Å². The van der Waals surface area contributed by atoms with Gasteiger partial charge in [0.05, 0.1) is 13.2 Å². The Morgan fingerprint density at radius 2 is 1.61 bits per heavy atom. The lowest BCUT2D eigenvalue weighted by atomic mass is 10.5. The van der Waals surface area contributed by atoms with Crippen LogP contribution in [0.2, 0.25) is 0 Å². The lowest BCUT2D eigenvalue weighted by Crippen LogP contribution is -2.32. The summed E-state index contributed by atoms with van der Waals surface area (Å²) in [5, 5.41) is 18.0. The van der Waals surface area contributed by atoms with Crippen LogP contribution >= 0.6 is 0 Å². The van der Waals surface area contributed by atoms with Gasteiger partial charge in [0.2, 0.25) is 17.8 Å². The standard InChI is InChI=1S/C9H19N7O2/c1-15(2)8-11-7(14-10)12-9(13-8)16(3-5-17)4-6-18/h17-18H,3-6,10H2,1-2H3,(H,11,12,13,14). The highest BCUT2D eigenvalue weighted by atomic mass is 16.3. The smallest absolute Gasteiger partial charge is 0.243 e. The van der Waals surface area contributed by atoms with Crippen molar-refractivity contribution in [2.24, 2.45) is 5.84 Å². The molecule has 0 saturated heterocycles. The van der Waals surface area contributed by atoms with Crippen LogP contribution in [-0.4, -0.2) is 65.6 Å². The van der Waals surface area contributed by atoms with Gasteiger partial charge in [0.15, 0.2) is 0 Å². The fourth-order valence-corrected chi connectivity index (χ4v) is 1.31. The third-order valence-corrected chi connectivity index (χ3v) is 2.16. The summed E-state index contributed by atoms with van der Waals surface area (Å²) in [5.41, 5.74) is 2.36. The number of nitrogens with two attached hydrogens (primary N) is 1. The Balaban J connectivity index is 3.07. The quantitative estimate of drug-likeness (QED) is 0.325. The molecule has 1 heterocycles. The molecule has 1 aromatic heterocycles. The Hall–Kier alpha value is -1.71. The van der Waals surface area contributed by atoms with Crippen LogP contribution in [0.25, 0.3) is 0 Å². The van der Waals surface area contributed by atoms with Crippen LogP contribution in [-0.2, 0) is 0 Å². The van der Waals surface area contributed by atoms with Crippen LogP contribution in [0.4, 0.5) is 17.8 Å². The van der Waals surface area contributed by atoms with E-state index in [0.29, 0.717) is 25.0 Å². The lowest BCUT2D eigenvalue weighted by molar-refractivity contribution is 0.280. The van der Waals surface area contributed by atoms with Crippen molar-refractivity contribution in [2.75, 3.05) is 55.6 Å². The fourth-order valence-electron chi connectivity index (χ4n) is 1.31. The third kappa shape index (κ3) is 3.65. The Kier molecular flexibility index (Phi) is 5.49. The molecule has 1 aromatic rings. The topological polar surface area (TPSA) is 124 Å². The number of nitrogens with one attached hydrogen (secondary N) is 1. The first-order valence-corrected chi connectivity index (χ1v) is 5.49. The molecule has 0 bridgehead atoms. The summed E-state index contributed by atoms with van der Waals surface area (Å²) in [6.45, 7) is 0.519. The highest BCUT2D eigenvalue weighted by Gasteiger charge is 2.13. The van der Waals surface area contributed by atoms with Crippen molar-refractivity contribution in [3.05, 3.63) is 0 Å². The molecule has 0 aromatic carbocycles. The first-order chi connectivity index (χ1) is 8.62. The summed E-state index contributed by atoms with van der Waals surface area (Å²) >= 11 is 0. The molecule has 0 aliphatic rings. The second-order valence-corrected chi connectivity index (χ2v) is 3.73. The normalized spacial score (nSPS) is 10.3. The summed E-state index contributed by atoms with van der Waals surface area (Å²) in [7, 11) is 3.59. The van der Waals surface area contributed by atoms with Crippen LogP contribution in [0.1, 0.15) is 0 Å². The number of anilines is 3. The second-order valence-electron chi connectivity index (χ2n) is 3.73. The summed E-state index contributed by atoms with van der Waals surface area (Å²) in [4.78, 5) is 15.7. The Morgan fingerprint density at radius 3 is 2.06 bits per heavy atom. The summed E-state index contributed by atoms with van der Waals surface area (Å²) < 4.78 is 0. The van der Waals surface area contributed by atoms with E-state index in [1.807, 2.05) is 0 Å². The Morgan fingerprint density at radius 1 is 1.06 bits per heavy atom. The molecule has 1 rings (SSSR count). The lowest BCUT2D eigenvalue weighted by Gasteiger charge is -2.22. The van der Waals surface area contributed by atoms with Gasteiger partial charge in [0.1, 0.15) is 0 Å². The molecular weight excluding hydrogens is 238 g/mol. The van der Waals surface area contributed by atoms with Gasteiger partial charge < -0.3 is 20.0 Å². The first kappa shape index (κ1) is 14.4. The molecule has 102 valence electrons. The molecule has 0 atom stereocenters. The van der Waals surface area contributed by atoms with Crippen molar-refractivity contribution in [1.29, 1.82) is 0 Å². The zero-order valence-electron chi connectivity index (χ0n) is 10.5. The molecule has 0 aliphatic carbocycles. The van der Waals surface area contributed by atoms with Crippen LogP contribution in [0.3, 0.4) is 0 Å². The van der Waals surface area contributed by atoms with Gasteiger partial charge in [-0.15, -0.1) is 0 Å². The summed E-state index contributed by atoms with van der Waals surface area (Å²) in [6.07, 6.45) is 0. The van der Waals surface area contributed by atoms with E-state index in [1.165, 1.54) is 0 Å². The van der Waals surface area contributed by atoms with Crippen molar-refractivity contribution >= 4 is 17.8 Å². The number of rotatable bonds is 7. The zero-order chi connectivity index (χ0) is 13.5. The SMILES string of the molecule is CN(C)c1nc(NN)nc(N(CCO)CCO)n1. The zero-order valence-corrected chi connectivity index (χ0v) is 10.5. The molecule has 0 fully saturated rings. The largest absolute Gasteiger partial charge is 0.395 e. The van der Waals surface area contributed by atoms with E-state index >= 15 is 0 Å². The minimum atomic E-state index is -0.0611. The molecule has 0 radical (unpaired) electrons. The van der Waals surface area contributed by atoms with Gasteiger partial charge in [-0.1, -0.05) is 0 Å². The molecule has 0 saturated carbocycles. The minimum absolute atomic E-state index is 0.0611. The highest BCUT2D eigenvalue weighted by Crippen LogP contribution is 2.14. The van der Waals surface area contributed by atoms with E-state index in [2.05, 4.69) is 20.4 Å². The predicted molar refractivity (Wildman–Crippen MR) is 68.3 cm³/mol. The van der Waals surface area contributed by atoms with Gasteiger partial charge in [0.25, 0.3) is 0 Å². The van der Waals surface area contributed by atoms with E-state index in [-0.39, 0.29) is 19.2 Å². The number of hydrogen-bond donors (Lipinski definition) is 4. The Bertz CT molecular complexity index is 368. The monoisotopic (exact) mass is 257 g/mol. The second kappa shape index (κ2) is 6.89. The van der Waals surface area contributed by atoms with E-state index in [0.717, 1.165) is 0 Å². The average Bonchev–Trinajstić information content (AvgIpc) is 2.37. The third-order valence-electron chi connectivity index (χ3n) is 2.16. The molecule has 5 N–H and O–H groups in total. The summed E-state index contributed by atoms with van der Waals surface area (Å²) in [6, 6.07) is 0. The number of hydrogen-bond acceptors (Lipinski definition) is 9. The molecular formula is C9H19N7O2. The molecule has 0 spiro atoms. The number of nitrogens with zero attached hydrogens (tertiary/aromatic N) is 5. The van der Waals surface area contributed by atoms with Crippen molar-refractivity contribution in [2.45, 2.75) is 0 Å². The van der Waals surface area contributed by atoms with Gasteiger partial charge in [-0.05, 0) is 0 Å². The maximum atomic E-state index is 8.98. The molecule has 9 nitrogen and oxygen atoms in total. The van der Waals surface area contributed by atoms with Gasteiger partial charge in [0, 0.05) is 27.2 Å². The van der Waals surface area contributed by atoms with E-state index in [1.54, 1.807) is 23.9 Å². The van der Waals surface area contributed by atoms with Crippen molar-refractivity contribution in [3.8, 4) is 0 Å². The van der Waals surface area contributed by atoms with E-state index in [4.69, 9.17) is 16.1 Å². The molecule has 0 aliphatic heterocycles. The van der Waals surface area contributed by atoms with Gasteiger partial charge in [-0.3, -0.25) is 5.43 Å². The van der Waals surface area contributed by atoms with Crippen molar-refractivity contribution in [1.82, 2.24) is 15.0 Å². The van der Waals surface area contributed by atoms with Crippen LogP contribution < -0.4 is 21.1 Å². The highest BCUT2D eigenvalue weighted by molar-refractivity contribution is 5.44. The van der Waals surface area contributed by atoms with Crippen LogP contribution in [0, 0.1) is 0 Å². The number of aliphatic hydroxyl groups excluding tert-OH is 2. The van der Waals surface area contributed by atoms with Gasteiger partial charge in [-0.25, -0.2) is 5.84 Å². The number of aromatic nitrogens is 3. The maximum Gasteiger partial charge on any atom is 0.243 e. The fraction of sp³-hybridized carbons (Fsp3) is 0.667. The number of aliphatic hydroxyl groups is 2. The number of hydrazine groups is 1. The molecule has 18 heavy (non-hydrogen) atoms. The Labute approximate surface area is 105 Å². The van der Waals surface area contributed by atoms with E-state index < -0.39 is 0 Å². The molecule has 9 heteroatoms. The van der Waals surface area contributed by atoms with Gasteiger partial charge in [-0.2, -0.15) is 15.0 Å². The number of nitrogen functional groups attached to an aromatic ring is 1. The van der Waals surface area contributed by atoms with E-state index in [9.17, 15) is 0 Å². The minimum Gasteiger partial charge on any atom is -0.395 e. The molecule has 0 unspecified atom stereocenters. The first-order valence-electron chi connectivity index (χ1n) is 5.49.